The van der Waals surface area contributed by atoms with Crippen LogP contribution in [0.1, 0.15) is 12.7 Å². The number of thioether (sulfide) groups is 1. The standard InChI is InChI=1S/C12H22N4O3S/c1-4-10-13-14-12(20-9-11(17)18)16(10)6-8-19-7-5-15(2)3/h4-9H2,1-3H3,(H,17,18). The highest BCUT2D eigenvalue weighted by atomic mass is 32.2. The molecule has 0 saturated heterocycles. The number of hydrogen-bond acceptors (Lipinski definition) is 6. The smallest absolute Gasteiger partial charge is 0.313 e. The monoisotopic (exact) mass is 302 g/mol. The molecule has 0 aliphatic heterocycles. The number of aromatic nitrogens is 3. The van der Waals surface area contributed by atoms with Crippen molar-refractivity contribution in [3.05, 3.63) is 5.82 Å². The highest BCUT2D eigenvalue weighted by molar-refractivity contribution is 7.99. The van der Waals surface area contributed by atoms with Gasteiger partial charge in [0.15, 0.2) is 5.16 Å². The Bertz CT molecular complexity index is 423. The van der Waals surface area contributed by atoms with Crippen molar-refractivity contribution in [3.63, 3.8) is 0 Å². The normalized spacial score (nSPS) is 11.2. The first-order valence-electron chi connectivity index (χ1n) is 6.53. The van der Waals surface area contributed by atoms with Gasteiger partial charge in [-0.25, -0.2) is 0 Å². The lowest BCUT2D eigenvalue weighted by Gasteiger charge is -2.11. The van der Waals surface area contributed by atoms with Gasteiger partial charge >= 0.3 is 5.97 Å². The van der Waals surface area contributed by atoms with Crippen LogP contribution in [-0.4, -0.2) is 70.3 Å². The summed E-state index contributed by atoms with van der Waals surface area (Å²) < 4.78 is 7.49. The topological polar surface area (TPSA) is 80.5 Å². The summed E-state index contributed by atoms with van der Waals surface area (Å²) in [5.74, 6) is -0.0116. The lowest BCUT2D eigenvalue weighted by molar-refractivity contribution is -0.133. The Labute approximate surface area is 123 Å². The number of carbonyl (C=O) groups is 1. The highest BCUT2D eigenvalue weighted by Crippen LogP contribution is 2.17. The SMILES string of the molecule is CCc1nnc(SCC(=O)O)n1CCOCCN(C)C. The predicted molar refractivity (Wildman–Crippen MR) is 77.1 cm³/mol. The number of rotatable bonds is 10. The highest BCUT2D eigenvalue weighted by Gasteiger charge is 2.12. The van der Waals surface area contributed by atoms with Gasteiger partial charge in [-0.15, -0.1) is 10.2 Å². The molecule has 1 heterocycles. The third-order valence-corrected chi connectivity index (χ3v) is 3.53. The molecule has 0 bridgehead atoms. The maximum absolute atomic E-state index is 10.6. The Morgan fingerprint density at radius 2 is 2.15 bits per heavy atom. The van der Waals surface area contributed by atoms with E-state index in [1.807, 2.05) is 25.6 Å². The van der Waals surface area contributed by atoms with E-state index in [9.17, 15) is 4.79 Å². The van der Waals surface area contributed by atoms with Gasteiger partial charge in [-0.05, 0) is 14.1 Å². The van der Waals surface area contributed by atoms with E-state index in [1.54, 1.807) is 0 Å². The number of ether oxygens (including phenoxy) is 1. The Morgan fingerprint density at radius 3 is 2.75 bits per heavy atom. The summed E-state index contributed by atoms with van der Waals surface area (Å²) in [6, 6.07) is 0. The second-order valence-electron chi connectivity index (χ2n) is 4.50. The number of aryl methyl sites for hydroxylation is 1. The van der Waals surface area contributed by atoms with E-state index in [0.717, 1.165) is 18.8 Å². The van der Waals surface area contributed by atoms with Crippen LogP contribution in [0.2, 0.25) is 0 Å². The van der Waals surface area contributed by atoms with Crippen LogP contribution >= 0.6 is 11.8 Å². The number of nitrogens with zero attached hydrogens (tertiary/aromatic N) is 4. The molecule has 0 aliphatic rings. The van der Waals surface area contributed by atoms with Crippen LogP contribution in [0.5, 0.6) is 0 Å². The Balaban J connectivity index is 2.48. The van der Waals surface area contributed by atoms with Crippen molar-refractivity contribution < 1.29 is 14.6 Å². The molecule has 0 aromatic carbocycles. The predicted octanol–water partition coefficient (Wildman–Crippen LogP) is 0.595. The molecule has 0 spiro atoms. The van der Waals surface area contributed by atoms with Crippen molar-refractivity contribution in [2.24, 2.45) is 0 Å². The largest absolute Gasteiger partial charge is 0.481 e. The van der Waals surface area contributed by atoms with Crippen molar-refractivity contribution in [1.29, 1.82) is 0 Å². The number of hydrogen-bond donors (Lipinski definition) is 1. The average Bonchev–Trinajstić information content (AvgIpc) is 2.77. The minimum atomic E-state index is -0.857. The zero-order valence-electron chi connectivity index (χ0n) is 12.2. The van der Waals surface area contributed by atoms with Gasteiger partial charge in [0.05, 0.1) is 19.0 Å². The van der Waals surface area contributed by atoms with Gasteiger partial charge in [-0.3, -0.25) is 4.79 Å². The van der Waals surface area contributed by atoms with Gasteiger partial charge in [0.25, 0.3) is 0 Å². The summed E-state index contributed by atoms with van der Waals surface area (Å²) in [5, 5.41) is 17.5. The minimum Gasteiger partial charge on any atom is -0.481 e. The number of aliphatic carboxylic acids is 1. The molecular weight excluding hydrogens is 280 g/mol. The molecule has 114 valence electrons. The second kappa shape index (κ2) is 8.93. The molecule has 7 nitrogen and oxygen atoms in total. The quantitative estimate of drug-likeness (QED) is 0.500. The fourth-order valence-corrected chi connectivity index (χ4v) is 2.25. The lowest BCUT2D eigenvalue weighted by Crippen LogP contribution is -2.19. The van der Waals surface area contributed by atoms with Gasteiger partial charge in [0.1, 0.15) is 5.82 Å². The average molecular weight is 302 g/mol. The summed E-state index contributed by atoms with van der Waals surface area (Å²) >= 11 is 1.19. The minimum absolute atomic E-state index is 0.0106. The Hall–Kier alpha value is -1.12. The fraction of sp³-hybridized carbons (Fsp3) is 0.750. The van der Waals surface area contributed by atoms with Crippen molar-refractivity contribution in [2.75, 3.05) is 39.6 Å². The molecule has 1 aromatic heterocycles. The summed E-state index contributed by atoms with van der Waals surface area (Å²) in [4.78, 5) is 12.7. The molecular formula is C12H22N4O3S. The number of likely N-dealkylation sites (N-methyl/N-ethyl adjacent to an activating group) is 1. The zero-order chi connectivity index (χ0) is 15.0. The van der Waals surface area contributed by atoms with E-state index in [-0.39, 0.29) is 5.75 Å². The molecule has 0 unspecified atom stereocenters. The van der Waals surface area contributed by atoms with E-state index in [4.69, 9.17) is 9.84 Å². The fourth-order valence-electron chi connectivity index (χ4n) is 1.54. The molecule has 1 rings (SSSR count). The molecule has 0 saturated carbocycles. The van der Waals surface area contributed by atoms with Gasteiger partial charge in [0.2, 0.25) is 0 Å². The van der Waals surface area contributed by atoms with Crippen LogP contribution in [0.3, 0.4) is 0 Å². The molecule has 0 radical (unpaired) electrons. The summed E-state index contributed by atoms with van der Waals surface area (Å²) in [6.45, 7) is 4.77. The first-order chi connectivity index (χ1) is 9.54. The van der Waals surface area contributed by atoms with Crippen LogP contribution in [0.15, 0.2) is 5.16 Å². The number of carboxylic acid groups (broad SMARTS) is 1. The van der Waals surface area contributed by atoms with Gasteiger partial charge in [-0.1, -0.05) is 18.7 Å². The molecule has 8 heteroatoms. The summed E-state index contributed by atoms with van der Waals surface area (Å²) in [7, 11) is 4.00. The van der Waals surface area contributed by atoms with Gasteiger partial charge in [-0.2, -0.15) is 0 Å². The second-order valence-corrected chi connectivity index (χ2v) is 5.44. The van der Waals surface area contributed by atoms with Crippen LogP contribution < -0.4 is 0 Å². The maximum atomic E-state index is 10.6. The first kappa shape index (κ1) is 16.9. The van der Waals surface area contributed by atoms with E-state index in [1.165, 1.54) is 11.8 Å². The maximum Gasteiger partial charge on any atom is 0.313 e. The van der Waals surface area contributed by atoms with Crippen molar-refractivity contribution in [3.8, 4) is 0 Å². The Kier molecular flexibility index (Phi) is 7.56. The summed E-state index contributed by atoms with van der Waals surface area (Å²) in [6.07, 6.45) is 0.762. The van der Waals surface area contributed by atoms with Crippen LogP contribution in [0.25, 0.3) is 0 Å². The van der Waals surface area contributed by atoms with Gasteiger partial charge < -0.3 is 19.3 Å². The first-order valence-corrected chi connectivity index (χ1v) is 7.52. The zero-order valence-corrected chi connectivity index (χ0v) is 13.0. The molecule has 0 atom stereocenters. The molecule has 0 amide bonds. The van der Waals surface area contributed by atoms with E-state index < -0.39 is 5.97 Å². The van der Waals surface area contributed by atoms with Crippen LogP contribution in [0.4, 0.5) is 0 Å². The van der Waals surface area contributed by atoms with Crippen molar-refractivity contribution >= 4 is 17.7 Å². The van der Waals surface area contributed by atoms with E-state index >= 15 is 0 Å². The van der Waals surface area contributed by atoms with Crippen LogP contribution in [-0.2, 0) is 22.5 Å². The lowest BCUT2D eigenvalue weighted by atomic mass is 10.4. The Morgan fingerprint density at radius 1 is 1.40 bits per heavy atom. The molecule has 0 aliphatic carbocycles. The van der Waals surface area contributed by atoms with Crippen molar-refractivity contribution in [1.82, 2.24) is 19.7 Å². The van der Waals surface area contributed by atoms with E-state index in [2.05, 4.69) is 15.1 Å². The molecule has 1 aromatic rings. The third-order valence-electron chi connectivity index (χ3n) is 2.58. The van der Waals surface area contributed by atoms with E-state index in [0.29, 0.717) is 24.9 Å². The summed E-state index contributed by atoms with van der Waals surface area (Å²) in [5.41, 5.74) is 0. The molecule has 0 fully saturated rings. The van der Waals surface area contributed by atoms with Crippen LogP contribution in [0, 0.1) is 0 Å². The molecule has 20 heavy (non-hydrogen) atoms. The third kappa shape index (κ3) is 5.89. The van der Waals surface area contributed by atoms with Gasteiger partial charge in [0, 0.05) is 19.5 Å². The molecule has 1 N–H and O–H groups in total. The van der Waals surface area contributed by atoms with Crippen molar-refractivity contribution in [2.45, 2.75) is 25.0 Å². The number of carboxylic acids is 1.